The van der Waals surface area contributed by atoms with E-state index < -0.39 is 34.4 Å². The van der Waals surface area contributed by atoms with E-state index in [1.54, 1.807) is 24.3 Å². The van der Waals surface area contributed by atoms with Gasteiger partial charge >= 0.3 is 0 Å². The maximum absolute atomic E-state index is 14.1. The Balaban J connectivity index is 1.51. The van der Waals surface area contributed by atoms with E-state index in [-0.39, 0.29) is 35.4 Å². The SMILES string of the molecule is O=C(NC1CCCCC1)[C@H](Cc1ccccc1)N(Cc1ccc(Cl)cc1Cl)C(=O)CN1C(=O)c2ccccc2S1(=O)=O. The Morgan fingerprint density at radius 3 is 2.33 bits per heavy atom. The lowest BCUT2D eigenvalue weighted by molar-refractivity contribution is -0.141. The molecule has 0 radical (unpaired) electrons. The fourth-order valence-corrected chi connectivity index (χ4v) is 7.52. The number of nitrogens with one attached hydrogen (secondary N) is 1. The summed E-state index contributed by atoms with van der Waals surface area (Å²) in [4.78, 5) is 42.4. The Morgan fingerprint density at radius 2 is 1.64 bits per heavy atom. The molecule has 3 amide bonds. The molecule has 0 unspecified atom stereocenters. The first-order chi connectivity index (χ1) is 20.1. The van der Waals surface area contributed by atoms with Crippen LogP contribution in [-0.2, 0) is 32.6 Å². The van der Waals surface area contributed by atoms with Gasteiger partial charge in [0.25, 0.3) is 15.9 Å². The molecule has 0 aromatic heterocycles. The van der Waals surface area contributed by atoms with Crippen molar-refractivity contribution >= 4 is 50.9 Å². The maximum atomic E-state index is 14.1. The van der Waals surface area contributed by atoms with Crippen LogP contribution in [0, 0.1) is 0 Å². The lowest BCUT2D eigenvalue weighted by Crippen LogP contribution is -2.55. The molecular formula is C31H31Cl2N3O5S. The van der Waals surface area contributed by atoms with Crippen molar-refractivity contribution in [2.24, 2.45) is 0 Å². The zero-order valence-electron chi connectivity index (χ0n) is 22.8. The van der Waals surface area contributed by atoms with Gasteiger partial charge in [0.05, 0.1) is 5.56 Å². The molecule has 1 N–H and O–H groups in total. The van der Waals surface area contributed by atoms with Crippen molar-refractivity contribution < 1.29 is 22.8 Å². The zero-order chi connectivity index (χ0) is 29.9. The highest BCUT2D eigenvalue weighted by atomic mass is 35.5. The third kappa shape index (κ3) is 6.48. The quantitative estimate of drug-likeness (QED) is 0.350. The molecule has 1 aliphatic heterocycles. The van der Waals surface area contributed by atoms with E-state index in [0.29, 0.717) is 19.9 Å². The van der Waals surface area contributed by atoms with Crippen LogP contribution in [0.2, 0.25) is 10.0 Å². The smallest absolute Gasteiger partial charge is 0.269 e. The number of carbonyl (C=O) groups excluding carboxylic acids is 3. The maximum Gasteiger partial charge on any atom is 0.269 e. The average molecular weight is 629 g/mol. The molecule has 3 aromatic carbocycles. The first-order valence-electron chi connectivity index (χ1n) is 13.9. The zero-order valence-corrected chi connectivity index (χ0v) is 25.2. The summed E-state index contributed by atoms with van der Waals surface area (Å²) in [7, 11) is -4.25. The molecule has 220 valence electrons. The van der Waals surface area contributed by atoms with Gasteiger partial charge < -0.3 is 10.2 Å². The summed E-state index contributed by atoms with van der Waals surface area (Å²) >= 11 is 12.6. The molecule has 1 saturated carbocycles. The van der Waals surface area contributed by atoms with Crippen LogP contribution in [0.5, 0.6) is 0 Å². The Morgan fingerprint density at radius 1 is 0.952 bits per heavy atom. The molecule has 1 heterocycles. The third-order valence-corrected chi connectivity index (χ3v) is 10.1. The van der Waals surface area contributed by atoms with Crippen molar-refractivity contribution in [3.8, 4) is 0 Å². The van der Waals surface area contributed by atoms with E-state index in [2.05, 4.69) is 5.32 Å². The Bertz CT molecular complexity index is 1590. The lowest BCUT2D eigenvalue weighted by Gasteiger charge is -2.34. The van der Waals surface area contributed by atoms with Gasteiger partial charge in [0.15, 0.2) is 0 Å². The fraction of sp³-hybridized carbons (Fsp3) is 0.323. The minimum absolute atomic E-state index is 0.00785. The summed E-state index contributed by atoms with van der Waals surface area (Å²) in [5.74, 6) is -1.83. The number of hydrogen-bond donors (Lipinski definition) is 1. The van der Waals surface area contributed by atoms with E-state index in [1.807, 2.05) is 30.3 Å². The molecule has 0 saturated heterocycles. The van der Waals surface area contributed by atoms with Gasteiger partial charge in [0, 0.05) is 29.1 Å². The minimum Gasteiger partial charge on any atom is -0.352 e. The van der Waals surface area contributed by atoms with Crippen LogP contribution in [0.4, 0.5) is 0 Å². The molecule has 2 aliphatic rings. The van der Waals surface area contributed by atoms with Gasteiger partial charge in [-0.15, -0.1) is 0 Å². The number of hydrogen-bond acceptors (Lipinski definition) is 5. The third-order valence-electron chi connectivity index (χ3n) is 7.77. The van der Waals surface area contributed by atoms with E-state index in [9.17, 15) is 22.8 Å². The second-order valence-electron chi connectivity index (χ2n) is 10.6. The van der Waals surface area contributed by atoms with Crippen molar-refractivity contribution in [2.45, 2.75) is 62.0 Å². The van der Waals surface area contributed by atoms with Gasteiger partial charge in [-0.05, 0) is 48.2 Å². The summed E-state index contributed by atoms with van der Waals surface area (Å²) in [6.07, 6.45) is 5.00. The minimum atomic E-state index is -4.25. The van der Waals surface area contributed by atoms with Gasteiger partial charge in [-0.1, -0.05) is 91.0 Å². The molecule has 0 bridgehead atoms. The molecule has 1 fully saturated rings. The first-order valence-corrected chi connectivity index (χ1v) is 16.1. The predicted molar refractivity (Wildman–Crippen MR) is 161 cm³/mol. The van der Waals surface area contributed by atoms with Crippen LogP contribution in [0.3, 0.4) is 0 Å². The number of nitrogens with zero attached hydrogens (tertiary/aromatic N) is 2. The predicted octanol–water partition coefficient (Wildman–Crippen LogP) is 5.23. The topological polar surface area (TPSA) is 104 Å². The second kappa shape index (κ2) is 12.9. The normalized spacial score (nSPS) is 17.0. The van der Waals surface area contributed by atoms with Crippen LogP contribution in [-0.4, -0.2) is 54.0 Å². The number of rotatable bonds is 9. The monoisotopic (exact) mass is 627 g/mol. The standard InChI is InChI=1S/C31H31Cl2N3O5S/c32-23-16-15-22(26(33)18-23)19-35(29(37)20-36-31(39)25-13-7-8-14-28(25)42(36,40)41)27(17-21-9-3-1-4-10-21)30(38)34-24-11-5-2-6-12-24/h1,3-4,7-10,13-16,18,24,27H,2,5-6,11-12,17,19-20H2,(H,34,38)/t27-/m0/s1. The van der Waals surface area contributed by atoms with Gasteiger partial charge in [0.1, 0.15) is 17.5 Å². The Labute approximate surface area is 255 Å². The number of fused-ring (bicyclic) bond motifs is 1. The summed E-state index contributed by atoms with van der Waals surface area (Å²) in [6, 6.07) is 18.9. The van der Waals surface area contributed by atoms with Crippen LogP contribution in [0.25, 0.3) is 0 Å². The summed E-state index contributed by atoms with van der Waals surface area (Å²) in [5.41, 5.74) is 1.35. The van der Waals surface area contributed by atoms with Crippen molar-refractivity contribution in [3.05, 3.63) is 99.5 Å². The largest absolute Gasteiger partial charge is 0.352 e. The van der Waals surface area contributed by atoms with Crippen molar-refractivity contribution in [2.75, 3.05) is 6.54 Å². The Kier molecular flexibility index (Phi) is 9.20. The van der Waals surface area contributed by atoms with Crippen LogP contribution in [0.1, 0.15) is 53.6 Å². The molecule has 1 atom stereocenters. The van der Waals surface area contributed by atoms with Crippen molar-refractivity contribution in [3.63, 3.8) is 0 Å². The van der Waals surface area contributed by atoms with Crippen LogP contribution in [0.15, 0.2) is 77.7 Å². The van der Waals surface area contributed by atoms with E-state index in [4.69, 9.17) is 23.2 Å². The second-order valence-corrected chi connectivity index (χ2v) is 13.3. The van der Waals surface area contributed by atoms with Crippen molar-refractivity contribution in [1.29, 1.82) is 0 Å². The number of sulfonamides is 1. The molecule has 1 aliphatic carbocycles. The lowest BCUT2D eigenvalue weighted by atomic mass is 9.94. The molecule has 5 rings (SSSR count). The highest BCUT2D eigenvalue weighted by molar-refractivity contribution is 7.90. The Hall–Kier alpha value is -3.40. The summed E-state index contributed by atoms with van der Waals surface area (Å²) < 4.78 is 27.1. The number of carbonyl (C=O) groups is 3. The van der Waals surface area contributed by atoms with Gasteiger partial charge in [-0.2, -0.15) is 0 Å². The highest BCUT2D eigenvalue weighted by Crippen LogP contribution is 2.31. The fourth-order valence-electron chi connectivity index (χ4n) is 5.53. The molecular weight excluding hydrogens is 597 g/mol. The molecule has 0 spiro atoms. The average Bonchev–Trinajstić information content (AvgIpc) is 3.17. The number of amides is 3. The molecule has 8 nitrogen and oxygen atoms in total. The first kappa shape index (κ1) is 30.1. The van der Waals surface area contributed by atoms with Crippen LogP contribution < -0.4 is 5.32 Å². The van der Waals surface area contributed by atoms with Crippen molar-refractivity contribution in [1.82, 2.24) is 14.5 Å². The summed E-state index contributed by atoms with van der Waals surface area (Å²) in [5, 5.41) is 3.83. The van der Waals surface area contributed by atoms with Gasteiger partial charge in [-0.3, -0.25) is 14.4 Å². The van der Waals surface area contributed by atoms with E-state index >= 15 is 0 Å². The van der Waals surface area contributed by atoms with E-state index in [1.165, 1.54) is 23.1 Å². The van der Waals surface area contributed by atoms with Gasteiger partial charge in [0.2, 0.25) is 11.8 Å². The van der Waals surface area contributed by atoms with Crippen LogP contribution >= 0.6 is 23.2 Å². The van der Waals surface area contributed by atoms with E-state index in [0.717, 1.165) is 37.7 Å². The molecule has 11 heteroatoms. The molecule has 42 heavy (non-hydrogen) atoms. The molecule has 3 aromatic rings. The highest BCUT2D eigenvalue weighted by Gasteiger charge is 2.43. The number of halogens is 2. The summed E-state index contributed by atoms with van der Waals surface area (Å²) in [6.45, 7) is -0.859. The van der Waals surface area contributed by atoms with Gasteiger partial charge in [-0.25, -0.2) is 12.7 Å². The number of benzene rings is 3.